The second-order valence-electron chi connectivity index (χ2n) is 7.95. The Labute approximate surface area is 207 Å². The quantitative estimate of drug-likeness (QED) is 0.378. The topological polar surface area (TPSA) is 65.4 Å². The molecule has 2 heterocycles. The summed E-state index contributed by atoms with van der Waals surface area (Å²) in [5.74, 6) is -0.0853. The van der Waals surface area contributed by atoms with Crippen LogP contribution in [0.3, 0.4) is 0 Å². The molecule has 0 aliphatic carbocycles. The van der Waals surface area contributed by atoms with Gasteiger partial charge >= 0.3 is 0 Å². The molecule has 1 amide bonds. The molecule has 4 rings (SSSR count). The van der Waals surface area contributed by atoms with Crippen molar-refractivity contribution in [3.05, 3.63) is 76.8 Å². The first-order valence-electron chi connectivity index (χ1n) is 10.6. The summed E-state index contributed by atoms with van der Waals surface area (Å²) in [7, 11) is 0. The number of carbonyl (C=O) groups is 1. The maximum absolute atomic E-state index is 11.2. The molecule has 174 valence electrons. The van der Waals surface area contributed by atoms with E-state index in [9.17, 15) is 4.79 Å². The van der Waals surface area contributed by atoms with Crippen molar-refractivity contribution in [1.82, 2.24) is 9.55 Å². The lowest BCUT2D eigenvalue weighted by Crippen LogP contribution is -2.37. The first kappa shape index (κ1) is 24.1. The van der Waals surface area contributed by atoms with E-state index in [1.807, 2.05) is 47.2 Å². The Hall–Kier alpha value is -2.03. The third-order valence-electron chi connectivity index (χ3n) is 5.30. The predicted molar refractivity (Wildman–Crippen MR) is 132 cm³/mol. The van der Waals surface area contributed by atoms with E-state index in [4.69, 9.17) is 32.7 Å². The number of amides is 1. The predicted octanol–water partition coefficient (Wildman–Crippen LogP) is 5.69. The van der Waals surface area contributed by atoms with Crippen molar-refractivity contribution >= 4 is 46.6 Å². The third kappa shape index (κ3) is 6.74. The van der Waals surface area contributed by atoms with Crippen molar-refractivity contribution in [2.45, 2.75) is 43.1 Å². The zero-order chi connectivity index (χ0) is 23.3. The summed E-state index contributed by atoms with van der Waals surface area (Å²) in [6, 6.07) is 13.3. The van der Waals surface area contributed by atoms with Crippen LogP contribution < -0.4 is 5.32 Å². The van der Waals surface area contributed by atoms with Crippen molar-refractivity contribution in [3.8, 4) is 0 Å². The molecule has 1 aliphatic heterocycles. The van der Waals surface area contributed by atoms with Gasteiger partial charge in [-0.2, -0.15) is 0 Å². The van der Waals surface area contributed by atoms with Crippen molar-refractivity contribution < 1.29 is 14.3 Å². The number of nitrogens with one attached hydrogen (secondary N) is 1. The van der Waals surface area contributed by atoms with Crippen LogP contribution in [0.5, 0.6) is 0 Å². The Morgan fingerprint density at radius 3 is 2.79 bits per heavy atom. The van der Waals surface area contributed by atoms with Gasteiger partial charge in [-0.25, -0.2) is 4.98 Å². The number of rotatable bonds is 9. The molecule has 2 aromatic carbocycles. The Bertz CT molecular complexity index is 1080. The smallest absolute Gasteiger partial charge is 0.221 e. The molecule has 1 aliphatic rings. The number of imidazole rings is 1. The summed E-state index contributed by atoms with van der Waals surface area (Å²) < 4.78 is 14.7. The first-order valence-corrected chi connectivity index (χ1v) is 12.4. The van der Waals surface area contributed by atoms with Gasteiger partial charge in [-0.15, -0.1) is 11.8 Å². The largest absolute Gasteiger partial charge is 0.345 e. The highest BCUT2D eigenvalue weighted by Gasteiger charge is 2.41. The lowest BCUT2D eigenvalue weighted by atomic mass is 10.0. The number of hydrogen-bond donors (Lipinski definition) is 1. The van der Waals surface area contributed by atoms with Gasteiger partial charge in [0.15, 0.2) is 5.79 Å². The molecular formula is C24H25Cl2N3O3S. The first-order chi connectivity index (χ1) is 15.9. The van der Waals surface area contributed by atoms with E-state index in [2.05, 4.69) is 10.3 Å². The van der Waals surface area contributed by atoms with E-state index in [1.165, 1.54) is 6.92 Å². The van der Waals surface area contributed by atoms with Crippen LogP contribution in [-0.4, -0.2) is 39.7 Å². The number of aryl methyl sites for hydroxylation is 1. The van der Waals surface area contributed by atoms with Gasteiger partial charge in [-0.05, 0) is 48.4 Å². The summed E-state index contributed by atoms with van der Waals surface area (Å²) >= 11 is 14.1. The molecule has 1 fully saturated rings. The van der Waals surface area contributed by atoms with Crippen LogP contribution >= 0.6 is 35.0 Å². The van der Waals surface area contributed by atoms with E-state index >= 15 is 0 Å². The lowest BCUT2D eigenvalue weighted by Gasteiger charge is -2.29. The van der Waals surface area contributed by atoms with Gasteiger partial charge in [0, 0.05) is 52.1 Å². The van der Waals surface area contributed by atoms with Gasteiger partial charge in [0.2, 0.25) is 5.91 Å². The summed E-state index contributed by atoms with van der Waals surface area (Å²) in [5.41, 5.74) is 1.79. The lowest BCUT2D eigenvalue weighted by molar-refractivity contribution is -0.180. The van der Waals surface area contributed by atoms with Crippen LogP contribution in [0.1, 0.15) is 18.9 Å². The molecule has 1 aromatic heterocycles. The summed E-state index contributed by atoms with van der Waals surface area (Å²) in [6.07, 6.45) is 6.73. The number of nitrogens with zero attached hydrogens (tertiary/aromatic N) is 2. The minimum absolute atomic E-state index is 0.0470. The Kier molecular flexibility index (Phi) is 7.98. The van der Waals surface area contributed by atoms with E-state index < -0.39 is 5.79 Å². The molecule has 0 spiro atoms. The maximum atomic E-state index is 11.2. The second-order valence-corrected chi connectivity index (χ2v) is 9.89. The molecule has 3 aromatic rings. The molecule has 1 saturated heterocycles. The number of benzene rings is 2. The standard InChI is InChI=1S/C24H25Cl2N3O3S/c1-17(30)28-20-4-6-22(7-5-20)33-14-21-13-31-24(32-21,15-29-11-10-27-16-29)9-8-18-2-3-19(25)12-23(18)26/h2-7,10-12,16,21H,8-9,13-15H2,1H3,(H,28,30)/t21-,24-/m0/s1. The number of ether oxygens (including phenoxy) is 2. The van der Waals surface area contributed by atoms with Gasteiger partial charge in [0.1, 0.15) is 0 Å². The Morgan fingerprint density at radius 2 is 2.09 bits per heavy atom. The highest BCUT2D eigenvalue weighted by molar-refractivity contribution is 7.99. The third-order valence-corrected chi connectivity index (χ3v) is 7.03. The minimum Gasteiger partial charge on any atom is -0.345 e. The molecule has 33 heavy (non-hydrogen) atoms. The number of halogens is 2. The molecule has 9 heteroatoms. The van der Waals surface area contributed by atoms with Crippen LogP contribution in [0.15, 0.2) is 66.1 Å². The minimum atomic E-state index is -0.760. The van der Waals surface area contributed by atoms with Crippen molar-refractivity contribution in [2.75, 3.05) is 17.7 Å². The number of carbonyl (C=O) groups excluding carboxylic acids is 1. The molecule has 1 N–H and O–H groups in total. The fourth-order valence-electron chi connectivity index (χ4n) is 3.73. The zero-order valence-electron chi connectivity index (χ0n) is 18.2. The molecule has 0 bridgehead atoms. The number of thioether (sulfide) groups is 1. The SMILES string of the molecule is CC(=O)Nc1ccc(SC[C@@H]2CO[C@](CCc3ccc(Cl)cc3Cl)(Cn3ccnc3)O2)cc1. The van der Waals surface area contributed by atoms with Gasteiger partial charge in [-0.1, -0.05) is 29.3 Å². The van der Waals surface area contributed by atoms with Crippen molar-refractivity contribution in [1.29, 1.82) is 0 Å². The van der Waals surface area contributed by atoms with Crippen LogP contribution in [0.4, 0.5) is 5.69 Å². The molecule has 2 atom stereocenters. The Balaban J connectivity index is 1.38. The van der Waals surface area contributed by atoms with Crippen LogP contribution in [0.25, 0.3) is 0 Å². The molecule has 0 unspecified atom stereocenters. The molecule has 0 radical (unpaired) electrons. The monoisotopic (exact) mass is 505 g/mol. The normalized spacial score (nSPS) is 20.2. The van der Waals surface area contributed by atoms with Gasteiger partial charge in [-0.3, -0.25) is 4.79 Å². The number of hydrogen-bond acceptors (Lipinski definition) is 5. The zero-order valence-corrected chi connectivity index (χ0v) is 20.5. The van der Waals surface area contributed by atoms with Gasteiger partial charge in [0.05, 0.1) is 25.6 Å². The summed E-state index contributed by atoms with van der Waals surface area (Å²) in [4.78, 5) is 16.4. The highest BCUT2D eigenvalue weighted by Crippen LogP contribution is 2.34. The fourth-order valence-corrected chi connectivity index (χ4v) is 5.10. The van der Waals surface area contributed by atoms with E-state index in [0.29, 0.717) is 36.0 Å². The van der Waals surface area contributed by atoms with Crippen molar-refractivity contribution in [2.24, 2.45) is 0 Å². The van der Waals surface area contributed by atoms with Crippen molar-refractivity contribution in [3.63, 3.8) is 0 Å². The Morgan fingerprint density at radius 1 is 1.27 bits per heavy atom. The van der Waals surface area contributed by atoms with Gasteiger partial charge < -0.3 is 19.4 Å². The maximum Gasteiger partial charge on any atom is 0.221 e. The highest BCUT2D eigenvalue weighted by atomic mass is 35.5. The summed E-state index contributed by atoms with van der Waals surface area (Å²) in [5, 5.41) is 4.04. The van der Waals surface area contributed by atoms with E-state index in [1.54, 1.807) is 30.4 Å². The second kappa shape index (κ2) is 10.9. The molecule has 6 nitrogen and oxygen atoms in total. The average Bonchev–Trinajstić information content (AvgIpc) is 3.43. The van der Waals surface area contributed by atoms with E-state index in [0.717, 1.165) is 21.9 Å². The number of anilines is 1. The fraction of sp³-hybridized carbons (Fsp3) is 0.333. The van der Waals surface area contributed by atoms with E-state index in [-0.39, 0.29) is 12.0 Å². The van der Waals surface area contributed by atoms with Crippen LogP contribution in [-0.2, 0) is 27.2 Å². The molecular weight excluding hydrogens is 481 g/mol. The number of aromatic nitrogens is 2. The van der Waals surface area contributed by atoms with Gasteiger partial charge in [0.25, 0.3) is 0 Å². The van der Waals surface area contributed by atoms with Crippen LogP contribution in [0, 0.1) is 0 Å². The van der Waals surface area contributed by atoms with Crippen LogP contribution in [0.2, 0.25) is 10.0 Å². The average molecular weight is 506 g/mol. The molecule has 0 saturated carbocycles. The summed E-state index contributed by atoms with van der Waals surface area (Å²) in [6.45, 7) is 2.56.